The summed E-state index contributed by atoms with van der Waals surface area (Å²) in [6.45, 7) is -1.23. The van der Waals surface area contributed by atoms with Gasteiger partial charge in [-0.05, 0) is 42.0 Å². The quantitative estimate of drug-likeness (QED) is 0.806. The van der Waals surface area contributed by atoms with Gasteiger partial charge in [-0.1, -0.05) is 6.92 Å². The van der Waals surface area contributed by atoms with Crippen LogP contribution in [0.4, 0.5) is 8.78 Å². The van der Waals surface area contributed by atoms with E-state index in [2.05, 4.69) is 4.74 Å². The molecule has 2 rings (SSSR count). The highest BCUT2D eigenvalue weighted by atomic mass is 32.1. The average molecular weight is 369 g/mol. The highest BCUT2D eigenvalue weighted by molar-refractivity contribution is 7.17. The molecule has 0 radical (unpaired) electrons. The van der Waals surface area contributed by atoms with Gasteiger partial charge in [0.15, 0.2) is 0 Å². The van der Waals surface area contributed by atoms with Crippen molar-refractivity contribution < 1.29 is 28.2 Å². The summed E-state index contributed by atoms with van der Waals surface area (Å²) < 4.78 is 28.6. The molecule has 0 aliphatic carbocycles. The second-order valence-corrected chi connectivity index (χ2v) is 6.58. The summed E-state index contributed by atoms with van der Waals surface area (Å²) in [5.41, 5.74) is 0.771. The Kier molecular flexibility index (Phi) is 6.08. The van der Waals surface area contributed by atoms with Crippen LogP contribution < -0.4 is 4.74 Å². The molecule has 1 amide bonds. The van der Waals surface area contributed by atoms with Crippen molar-refractivity contribution in [2.45, 2.75) is 13.5 Å². The number of thiophene rings is 1. The number of benzene rings is 1. The van der Waals surface area contributed by atoms with Crippen molar-refractivity contribution >= 4 is 23.2 Å². The minimum atomic E-state index is -2.87. The lowest BCUT2D eigenvalue weighted by atomic mass is 10.1. The summed E-state index contributed by atoms with van der Waals surface area (Å²) in [7, 11) is 1.55. The molecule has 1 atom stereocenters. The normalized spacial score (nSPS) is 12.0. The lowest BCUT2D eigenvalue weighted by Gasteiger charge is -2.18. The average Bonchev–Trinajstić information content (AvgIpc) is 3.04. The minimum absolute atomic E-state index is 0.0639. The molecule has 0 saturated carbocycles. The Morgan fingerprint density at radius 3 is 2.40 bits per heavy atom. The summed E-state index contributed by atoms with van der Waals surface area (Å²) >= 11 is 1.25. The van der Waals surface area contributed by atoms with E-state index in [1.807, 2.05) is 0 Å². The third-order valence-electron chi connectivity index (χ3n) is 3.50. The van der Waals surface area contributed by atoms with Crippen LogP contribution >= 0.6 is 11.3 Å². The van der Waals surface area contributed by atoms with Crippen LogP contribution in [0.5, 0.6) is 5.75 Å². The number of carboxylic acids is 1. The number of carbonyl (C=O) groups is 2. The summed E-state index contributed by atoms with van der Waals surface area (Å²) in [5.74, 6) is -1.82. The van der Waals surface area contributed by atoms with E-state index < -0.39 is 18.5 Å². The Hall–Kier alpha value is -2.48. The second kappa shape index (κ2) is 8.06. The molecule has 1 heterocycles. The number of ether oxygens (including phenoxy) is 1. The van der Waals surface area contributed by atoms with Gasteiger partial charge in [0, 0.05) is 18.5 Å². The predicted octanol–water partition coefficient (Wildman–Crippen LogP) is 3.81. The van der Waals surface area contributed by atoms with Gasteiger partial charge in [0.2, 0.25) is 0 Å². The zero-order chi connectivity index (χ0) is 18.6. The van der Waals surface area contributed by atoms with E-state index in [1.54, 1.807) is 31.3 Å². The molecule has 0 saturated heterocycles. The van der Waals surface area contributed by atoms with E-state index in [1.165, 1.54) is 35.3 Å². The van der Waals surface area contributed by atoms with Crippen molar-refractivity contribution in [3.63, 3.8) is 0 Å². The molecule has 0 fully saturated rings. The van der Waals surface area contributed by atoms with Gasteiger partial charge in [-0.25, -0.2) is 0 Å². The van der Waals surface area contributed by atoms with Gasteiger partial charge in [0.25, 0.3) is 5.91 Å². The monoisotopic (exact) mass is 369 g/mol. The number of hydrogen-bond acceptors (Lipinski definition) is 4. The van der Waals surface area contributed by atoms with Crippen molar-refractivity contribution in [1.29, 1.82) is 0 Å². The van der Waals surface area contributed by atoms with Gasteiger partial charge in [-0.3, -0.25) is 9.59 Å². The highest BCUT2D eigenvalue weighted by Crippen LogP contribution is 2.30. The number of carbonyl (C=O) groups excluding carboxylic acids is 1. The van der Waals surface area contributed by atoms with E-state index in [0.717, 1.165) is 10.4 Å². The first-order chi connectivity index (χ1) is 11.8. The van der Waals surface area contributed by atoms with E-state index in [0.29, 0.717) is 4.88 Å². The van der Waals surface area contributed by atoms with Crippen LogP contribution in [0.2, 0.25) is 0 Å². The standard InChI is InChI=1S/C17H17F2NO4S/c1-10(16(22)23)9-20(2)15(21)14-8-7-13(25-14)11-3-5-12(6-4-11)24-17(18)19/h3-8,10,17H,9H2,1-2H3,(H,22,23). The number of amides is 1. The number of aliphatic carboxylic acids is 1. The molecule has 1 aromatic carbocycles. The molecule has 1 unspecified atom stereocenters. The minimum Gasteiger partial charge on any atom is -0.481 e. The topological polar surface area (TPSA) is 66.8 Å². The fourth-order valence-corrected chi connectivity index (χ4v) is 3.17. The molecule has 2 aromatic rings. The van der Waals surface area contributed by atoms with Gasteiger partial charge >= 0.3 is 12.6 Å². The molecule has 25 heavy (non-hydrogen) atoms. The second-order valence-electron chi connectivity index (χ2n) is 5.49. The van der Waals surface area contributed by atoms with Gasteiger partial charge in [0.05, 0.1) is 10.8 Å². The Morgan fingerprint density at radius 1 is 1.20 bits per heavy atom. The summed E-state index contributed by atoms with van der Waals surface area (Å²) in [6.07, 6.45) is 0. The molecular weight excluding hydrogens is 352 g/mol. The molecular formula is C17H17F2NO4S. The van der Waals surface area contributed by atoms with Crippen LogP contribution in [-0.4, -0.2) is 42.1 Å². The number of rotatable bonds is 7. The molecule has 1 N–H and O–H groups in total. The van der Waals surface area contributed by atoms with Crippen molar-refractivity contribution in [1.82, 2.24) is 4.90 Å². The fourth-order valence-electron chi connectivity index (χ4n) is 2.17. The third-order valence-corrected chi connectivity index (χ3v) is 4.62. The number of carboxylic acid groups (broad SMARTS) is 1. The summed E-state index contributed by atoms with van der Waals surface area (Å²) in [6, 6.07) is 9.55. The fraction of sp³-hybridized carbons (Fsp3) is 0.294. The molecule has 8 heteroatoms. The zero-order valence-electron chi connectivity index (χ0n) is 13.6. The molecule has 5 nitrogen and oxygen atoms in total. The molecule has 1 aromatic heterocycles. The summed E-state index contributed by atoms with van der Waals surface area (Å²) in [5, 5.41) is 8.92. The first-order valence-corrected chi connectivity index (χ1v) is 8.23. The number of alkyl halides is 2. The van der Waals surface area contributed by atoms with Gasteiger partial charge < -0.3 is 14.7 Å². The van der Waals surface area contributed by atoms with Crippen LogP contribution in [0.1, 0.15) is 16.6 Å². The van der Waals surface area contributed by atoms with Crippen LogP contribution in [0, 0.1) is 5.92 Å². The zero-order valence-corrected chi connectivity index (χ0v) is 14.4. The Morgan fingerprint density at radius 2 is 1.84 bits per heavy atom. The Labute approximate surface area is 147 Å². The van der Waals surface area contributed by atoms with Crippen molar-refractivity contribution in [2.24, 2.45) is 5.92 Å². The molecule has 0 aliphatic rings. The SMILES string of the molecule is CC(CN(C)C(=O)c1ccc(-c2ccc(OC(F)F)cc2)s1)C(=O)O. The molecule has 0 aliphatic heterocycles. The van der Waals surface area contributed by atoms with Gasteiger partial charge in [-0.15, -0.1) is 11.3 Å². The number of hydrogen-bond donors (Lipinski definition) is 1. The largest absolute Gasteiger partial charge is 0.481 e. The molecule has 134 valence electrons. The lowest BCUT2D eigenvalue weighted by Crippen LogP contribution is -2.33. The van der Waals surface area contributed by atoms with E-state index in [-0.39, 0.29) is 18.2 Å². The smallest absolute Gasteiger partial charge is 0.387 e. The lowest BCUT2D eigenvalue weighted by molar-refractivity contribution is -0.141. The maximum atomic E-state index is 12.4. The van der Waals surface area contributed by atoms with Gasteiger partial charge in [0.1, 0.15) is 5.75 Å². The van der Waals surface area contributed by atoms with Crippen molar-refractivity contribution in [2.75, 3.05) is 13.6 Å². The first-order valence-electron chi connectivity index (χ1n) is 7.41. The predicted molar refractivity (Wildman–Crippen MR) is 90.1 cm³/mol. The van der Waals surface area contributed by atoms with Crippen LogP contribution in [0.25, 0.3) is 10.4 Å². The van der Waals surface area contributed by atoms with E-state index >= 15 is 0 Å². The molecule has 0 spiro atoms. The maximum Gasteiger partial charge on any atom is 0.387 e. The van der Waals surface area contributed by atoms with Crippen LogP contribution in [0.15, 0.2) is 36.4 Å². The van der Waals surface area contributed by atoms with Gasteiger partial charge in [-0.2, -0.15) is 8.78 Å². The highest BCUT2D eigenvalue weighted by Gasteiger charge is 2.20. The Bertz CT molecular complexity index is 745. The maximum absolute atomic E-state index is 12.4. The third kappa shape index (κ3) is 4.99. The van der Waals surface area contributed by atoms with Crippen molar-refractivity contribution in [3.05, 3.63) is 41.3 Å². The van der Waals surface area contributed by atoms with E-state index in [9.17, 15) is 18.4 Å². The van der Waals surface area contributed by atoms with Crippen molar-refractivity contribution in [3.8, 4) is 16.2 Å². The first kappa shape index (κ1) is 18.9. The molecule has 0 bridgehead atoms. The number of halogens is 2. The Balaban J connectivity index is 2.08. The van der Waals surface area contributed by atoms with E-state index in [4.69, 9.17) is 5.11 Å². The van der Waals surface area contributed by atoms with Crippen LogP contribution in [0.3, 0.4) is 0 Å². The van der Waals surface area contributed by atoms with Crippen LogP contribution in [-0.2, 0) is 4.79 Å². The number of nitrogens with zero attached hydrogens (tertiary/aromatic N) is 1. The summed E-state index contributed by atoms with van der Waals surface area (Å²) in [4.78, 5) is 25.9.